The van der Waals surface area contributed by atoms with Crippen molar-refractivity contribution in [2.24, 2.45) is 5.73 Å². The molecule has 1 unspecified atom stereocenters. The van der Waals surface area contributed by atoms with Gasteiger partial charge in [0.05, 0.1) is 0 Å². The van der Waals surface area contributed by atoms with Gasteiger partial charge in [-0.1, -0.05) is 30.7 Å². The molecule has 0 aliphatic heterocycles. The molecule has 1 aromatic heterocycles. The third kappa shape index (κ3) is 2.82. The summed E-state index contributed by atoms with van der Waals surface area (Å²) in [6.45, 7) is 7.34. The first-order chi connectivity index (χ1) is 8.60. The van der Waals surface area contributed by atoms with Gasteiger partial charge in [-0.2, -0.15) is 0 Å². The van der Waals surface area contributed by atoms with Crippen LogP contribution in [0.3, 0.4) is 0 Å². The Kier molecular flexibility index (Phi) is 3.87. The number of benzene rings is 1. The van der Waals surface area contributed by atoms with E-state index in [-0.39, 0.29) is 6.04 Å². The van der Waals surface area contributed by atoms with Crippen molar-refractivity contribution >= 4 is 0 Å². The minimum Gasteiger partial charge on any atom is -0.350 e. The van der Waals surface area contributed by atoms with Crippen LogP contribution in [0.1, 0.15) is 41.6 Å². The fourth-order valence-electron chi connectivity index (χ4n) is 2.18. The average molecular weight is 242 g/mol. The van der Waals surface area contributed by atoms with Crippen LogP contribution in [0.4, 0.5) is 0 Å². The molecule has 2 N–H and O–H groups in total. The Morgan fingerprint density at radius 1 is 1.22 bits per heavy atom. The Morgan fingerprint density at radius 3 is 2.72 bits per heavy atom. The summed E-state index contributed by atoms with van der Waals surface area (Å²) in [4.78, 5) is 0. The van der Waals surface area contributed by atoms with Crippen LogP contribution < -0.4 is 5.73 Å². The van der Waals surface area contributed by atoms with Crippen molar-refractivity contribution in [1.29, 1.82) is 0 Å². The van der Waals surface area contributed by atoms with Gasteiger partial charge in [-0.05, 0) is 43.0 Å². The summed E-state index contributed by atoms with van der Waals surface area (Å²) in [5.41, 5.74) is 11.3. The summed E-state index contributed by atoms with van der Waals surface area (Å²) in [6, 6.07) is 8.89. The molecule has 2 rings (SSSR count). The van der Waals surface area contributed by atoms with Gasteiger partial charge >= 0.3 is 0 Å². The molecule has 0 bridgehead atoms. The van der Waals surface area contributed by atoms with Crippen molar-refractivity contribution in [2.45, 2.75) is 39.8 Å². The smallest absolute Gasteiger partial charge is 0.0473 e. The maximum atomic E-state index is 6.04. The summed E-state index contributed by atoms with van der Waals surface area (Å²) in [7, 11) is 0. The molecule has 2 nitrogen and oxygen atoms in total. The zero-order chi connectivity index (χ0) is 13.1. The van der Waals surface area contributed by atoms with Crippen LogP contribution >= 0.6 is 0 Å². The van der Waals surface area contributed by atoms with Crippen molar-refractivity contribution in [2.75, 3.05) is 0 Å². The lowest BCUT2D eigenvalue weighted by Gasteiger charge is -2.09. The molecule has 0 saturated carbocycles. The fraction of sp³-hybridized carbons (Fsp3) is 0.375. The summed E-state index contributed by atoms with van der Waals surface area (Å²) in [5.74, 6) is 0. The van der Waals surface area contributed by atoms with Gasteiger partial charge in [-0.3, -0.25) is 0 Å². The minimum atomic E-state index is 0.157. The first kappa shape index (κ1) is 12.9. The number of rotatable bonds is 4. The molecule has 1 atom stereocenters. The fourth-order valence-corrected chi connectivity index (χ4v) is 2.18. The second-order valence-corrected chi connectivity index (χ2v) is 5.06. The molecule has 2 aromatic rings. The molecular weight excluding hydrogens is 220 g/mol. The van der Waals surface area contributed by atoms with E-state index in [9.17, 15) is 0 Å². The SMILES string of the molecule is CCC(N)c1ccn(Cc2cc(C)ccc2C)c1. The average Bonchev–Trinajstić information content (AvgIpc) is 2.81. The summed E-state index contributed by atoms with van der Waals surface area (Å²) < 4.78 is 2.21. The van der Waals surface area contributed by atoms with E-state index in [0.29, 0.717) is 0 Å². The van der Waals surface area contributed by atoms with Gasteiger partial charge in [0.25, 0.3) is 0 Å². The van der Waals surface area contributed by atoms with Gasteiger partial charge in [-0.15, -0.1) is 0 Å². The van der Waals surface area contributed by atoms with Gasteiger partial charge in [0.1, 0.15) is 0 Å². The molecule has 0 fully saturated rings. The molecule has 0 amide bonds. The van der Waals surface area contributed by atoms with E-state index in [1.54, 1.807) is 0 Å². The number of aryl methyl sites for hydroxylation is 2. The van der Waals surface area contributed by atoms with E-state index in [1.165, 1.54) is 22.3 Å². The van der Waals surface area contributed by atoms with Crippen LogP contribution in [-0.4, -0.2) is 4.57 Å². The molecule has 18 heavy (non-hydrogen) atoms. The van der Waals surface area contributed by atoms with Crippen LogP contribution in [0, 0.1) is 13.8 Å². The van der Waals surface area contributed by atoms with E-state index in [1.807, 2.05) is 0 Å². The van der Waals surface area contributed by atoms with Crippen molar-refractivity contribution < 1.29 is 0 Å². The van der Waals surface area contributed by atoms with Crippen molar-refractivity contribution in [3.8, 4) is 0 Å². The third-order valence-corrected chi connectivity index (χ3v) is 3.50. The lowest BCUT2D eigenvalue weighted by molar-refractivity contribution is 0.692. The molecular formula is C16H22N2. The monoisotopic (exact) mass is 242 g/mol. The van der Waals surface area contributed by atoms with E-state index in [0.717, 1.165) is 13.0 Å². The van der Waals surface area contributed by atoms with E-state index < -0.39 is 0 Å². The highest BCUT2D eigenvalue weighted by Crippen LogP contribution is 2.17. The second kappa shape index (κ2) is 5.40. The predicted octanol–water partition coefficient (Wildman–Crippen LogP) is 3.56. The molecule has 96 valence electrons. The van der Waals surface area contributed by atoms with Crippen LogP contribution in [0.2, 0.25) is 0 Å². The van der Waals surface area contributed by atoms with Gasteiger partial charge < -0.3 is 10.3 Å². The van der Waals surface area contributed by atoms with Crippen LogP contribution in [0.25, 0.3) is 0 Å². The number of aromatic nitrogens is 1. The van der Waals surface area contributed by atoms with Crippen LogP contribution in [-0.2, 0) is 6.54 Å². The van der Waals surface area contributed by atoms with Gasteiger partial charge in [-0.25, -0.2) is 0 Å². The van der Waals surface area contributed by atoms with Crippen LogP contribution in [0.15, 0.2) is 36.7 Å². The van der Waals surface area contributed by atoms with E-state index >= 15 is 0 Å². The summed E-state index contributed by atoms with van der Waals surface area (Å²) in [5, 5.41) is 0. The van der Waals surface area contributed by atoms with Gasteiger partial charge in [0.15, 0.2) is 0 Å². The maximum absolute atomic E-state index is 6.04. The molecule has 0 aliphatic rings. The molecule has 0 aliphatic carbocycles. The molecule has 0 spiro atoms. The highest BCUT2D eigenvalue weighted by atomic mass is 14.9. The molecule has 1 heterocycles. The van der Waals surface area contributed by atoms with Gasteiger partial charge in [0.2, 0.25) is 0 Å². The Bertz CT molecular complexity index is 526. The quantitative estimate of drug-likeness (QED) is 0.873. The largest absolute Gasteiger partial charge is 0.350 e. The lowest BCUT2D eigenvalue weighted by Crippen LogP contribution is -2.07. The predicted molar refractivity (Wildman–Crippen MR) is 76.7 cm³/mol. The number of nitrogens with zero attached hydrogens (tertiary/aromatic N) is 1. The van der Waals surface area contributed by atoms with Crippen LogP contribution in [0.5, 0.6) is 0 Å². The topological polar surface area (TPSA) is 30.9 Å². The first-order valence-electron chi connectivity index (χ1n) is 6.57. The third-order valence-electron chi connectivity index (χ3n) is 3.50. The minimum absolute atomic E-state index is 0.157. The number of hydrogen-bond acceptors (Lipinski definition) is 1. The normalized spacial score (nSPS) is 12.7. The molecule has 2 heteroatoms. The molecule has 0 saturated heterocycles. The lowest BCUT2D eigenvalue weighted by atomic mass is 10.1. The highest BCUT2D eigenvalue weighted by Gasteiger charge is 2.06. The first-order valence-corrected chi connectivity index (χ1v) is 6.57. The number of hydrogen-bond donors (Lipinski definition) is 1. The Morgan fingerprint density at radius 2 is 2.00 bits per heavy atom. The zero-order valence-corrected chi connectivity index (χ0v) is 11.5. The summed E-state index contributed by atoms with van der Waals surface area (Å²) in [6.07, 6.45) is 5.26. The van der Waals surface area contributed by atoms with E-state index in [2.05, 4.69) is 62.0 Å². The Balaban J connectivity index is 2.18. The van der Waals surface area contributed by atoms with Gasteiger partial charge in [0, 0.05) is 25.0 Å². The highest BCUT2D eigenvalue weighted by molar-refractivity contribution is 5.31. The summed E-state index contributed by atoms with van der Waals surface area (Å²) >= 11 is 0. The standard InChI is InChI=1S/C16H22N2/c1-4-16(17)14-7-8-18(10-14)11-15-9-12(2)5-6-13(15)3/h5-10,16H,4,11,17H2,1-3H3. The van der Waals surface area contributed by atoms with Crippen molar-refractivity contribution in [1.82, 2.24) is 4.57 Å². The Hall–Kier alpha value is -1.54. The molecule has 0 radical (unpaired) electrons. The second-order valence-electron chi connectivity index (χ2n) is 5.06. The Labute approximate surface area is 109 Å². The van der Waals surface area contributed by atoms with Crippen molar-refractivity contribution in [3.63, 3.8) is 0 Å². The van der Waals surface area contributed by atoms with Crippen molar-refractivity contribution in [3.05, 3.63) is 58.9 Å². The van der Waals surface area contributed by atoms with E-state index in [4.69, 9.17) is 5.73 Å². The number of nitrogens with two attached hydrogens (primary N) is 1. The maximum Gasteiger partial charge on any atom is 0.0473 e. The zero-order valence-electron chi connectivity index (χ0n) is 11.5. The molecule has 1 aromatic carbocycles.